The van der Waals surface area contributed by atoms with Crippen LogP contribution in [0, 0.1) is 5.92 Å². The van der Waals surface area contributed by atoms with E-state index in [1.54, 1.807) is 6.92 Å². The van der Waals surface area contributed by atoms with Crippen LogP contribution < -0.4 is 0 Å². The summed E-state index contributed by atoms with van der Waals surface area (Å²) in [5.41, 5.74) is 0.669. The zero-order chi connectivity index (χ0) is 15.2. The molecule has 1 atom stereocenters. The van der Waals surface area contributed by atoms with Gasteiger partial charge in [-0.15, -0.1) is 0 Å². The van der Waals surface area contributed by atoms with Gasteiger partial charge in [0.2, 0.25) is 0 Å². The van der Waals surface area contributed by atoms with Crippen molar-refractivity contribution in [1.29, 1.82) is 0 Å². The van der Waals surface area contributed by atoms with Gasteiger partial charge in [-0.05, 0) is 19.3 Å². The first-order valence-corrected chi connectivity index (χ1v) is 7.68. The summed E-state index contributed by atoms with van der Waals surface area (Å²) in [7, 11) is 0. The van der Waals surface area contributed by atoms with Gasteiger partial charge in [0.25, 0.3) is 0 Å². The largest absolute Gasteiger partial charge is 0.460 e. The van der Waals surface area contributed by atoms with Crippen molar-refractivity contribution in [3.63, 3.8) is 0 Å². The Balaban J connectivity index is 3.92. The Morgan fingerprint density at radius 1 is 1.25 bits per heavy atom. The molecule has 118 valence electrons. The molecule has 0 aliphatic rings. The summed E-state index contributed by atoms with van der Waals surface area (Å²) in [5, 5.41) is 8.53. The first-order chi connectivity index (χ1) is 9.65. The third-order valence-electron chi connectivity index (χ3n) is 3.32. The molecule has 0 rings (SSSR count). The number of esters is 1. The summed E-state index contributed by atoms with van der Waals surface area (Å²) < 4.78 is 10.1. The van der Waals surface area contributed by atoms with Gasteiger partial charge in [0.15, 0.2) is 0 Å². The van der Waals surface area contributed by atoms with E-state index >= 15 is 0 Å². The molecular formula is C16H30O4. The van der Waals surface area contributed by atoms with Crippen molar-refractivity contribution in [3.8, 4) is 0 Å². The lowest BCUT2D eigenvalue weighted by molar-refractivity contribution is -0.140. The fourth-order valence-electron chi connectivity index (χ4n) is 1.88. The van der Waals surface area contributed by atoms with Gasteiger partial charge in [-0.25, -0.2) is 4.79 Å². The van der Waals surface area contributed by atoms with E-state index in [0.29, 0.717) is 18.1 Å². The molecule has 1 unspecified atom stereocenters. The van der Waals surface area contributed by atoms with Crippen LogP contribution in [-0.4, -0.2) is 37.5 Å². The van der Waals surface area contributed by atoms with E-state index in [0.717, 1.165) is 12.8 Å². The third kappa shape index (κ3) is 9.98. The molecule has 0 aromatic carbocycles. The van der Waals surface area contributed by atoms with Crippen LogP contribution in [0.1, 0.15) is 52.9 Å². The summed E-state index contributed by atoms with van der Waals surface area (Å²) in [6.07, 6.45) is 7.76. The van der Waals surface area contributed by atoms with E-state index < -0.39 is 0 Å². The highest BCUT2D eigenvalue weighted by molar-refractivity contribution is 5.87. The maximum Gasteiger partial charge on any atom is 0.333 e. The molecule has 0 amide bonds. The van der Waals surface area contributed by atoms with E-state index in [2.05, 4.69) is 13.8 Å². The minimum absolute atomic E-state index is 0.0109. The number of allylic oxidation sites excluding steroid dienone is 1. The Bertz CT molecular complexity index is 274. The molecular weight excluding hydrogens is 256 g/mol. The van der Waals surface area contributed by atoms with E-state index in [4.69, 9.17) is 14.6 Å². The molecule has 0 bridgehead atoms. The summed E-state index contributed by atoms with van der Waals surface area (Å²) in [6, 6.07) is 0. The molecule has 1 N–H and O–H groups in total. The predicted octanol–water partition coefficient (Wildman–Crippen LogP) is 3.09. The summed E-state index contributed by atoms with van der Waals surface area (Å²) in [4.78, 5) is 11.7. The van der Waals surface area contributed by atoms with Crippen molar-refractivity contribution in [3.05, 3.63) is 11.6 Å². The Hall–Kier alpha value is -0.870. The molecule has 0 aromatic rings. The Kier molecular flexibility index (Phi) is 12.6. The lowest BCUT2D eigenvalue weighted by atomic mass is 9.95. The highest BCUT2D eigenvalue weighted by Crippen LogP contribution is 2.18. The van der Waals surface area contributed by atoms with Crippen molar-refractivity contribution < 1.29 is 19.4 Å². The van der Waals surface area contributed by atoms with Crippen molar-refractivity contribution >= 4 is 5.97 Å². The number of carbonyl (C=O) groups excluding carboxylic acids is 1. The topological polar surface area (TPSA) is 55.8 Å². The number of unbranched alkanes of at least 4 members (excludes halogenated alkanes) is 1. The van der Waals surface area contributed by atoms with Gasteiger partial charge in [-0.1, -0.05) is 45.6 Å². The number of rotatable bonds is 12. The quantitative estimate of drug-likeness (QED) is 0.340. The average Bonchev–Trinajstić information content (AvgIpc) is 2.46. The van der Waals surface area contributed by atoms with Gasteiger partial charge in [-0.3, -0.25) is 0 Å². The lowest BCUT2D eigenvalue weighted by Gasteiger charge is -2.12. The monoisotopic (exact) mass is 286 g/mol. The number of hydrogen-bond donors (Lipinski definition) is 1. The van der Waals surface area contributed by atoms with Crippen molar-refractivity contribution in [2.24, 2.45) is 5.92 Å². The number of aliphatic hydroxyl groups excluding tert-OH is 1. The number of hydrogen-bond acceptors (Lipinski definition) is 4. The zero-order valence-corrected chi connectivity index (χ0v) is 13.2. The Morgan fingerprint density at radius 3 is 2.60 bits per heavy atom. The van der Waals surface area contributed by atoms with Crippen LogP contribution >= 0.6 is 0 Å². The fraction of sp³-hybridized carbons (Fsp3) is 0.812. The minimum Gasteiger partial charge on any atom is -0.460 e. The molecule has 0 aromatic heterocycles. The van der Waals surface area contributed by atoms with Crippen molar-refractivity contribution in [2.75, 3.05) is 26.4 Å². The van der Waals surface area contributed by atoms with Crippen molar-refractivity contribution in [2.45, 2.75) is 52.9 Å². The molecule has 0 fully saturated rings. The standard InChI is InChI=1S/C16H30O4/c1-4-6-7-15(5-2)9-8-14(3)16(18)20-13-12-19-11-10-17/h8,15,17H,4-7,9-13H2,1-3H3. The Labute approximate surface area is 123 Å². The molecule has 4 heteroatoms. The van der Waals surface area contributed by atoms with Crippen LogP contribution in [-0.2, 0) is 14.3 Å². The van der Waals surface area contributed by atoms with E-state index in [-0.39, 0.29) is 25.8 Å². The van der Waals surface area contributed by atoms with Gasteiger partial charge in [-0.2, -0.15) is 0 Å². The number of carbonyl (C=O) groups is 1. The molecule has 0 heterocycles. The molecule has 0 saturated carbocycles. The van der Waals surface area contributed by atoms with Gasteiger partial charge in [0, 0.05) is 5.57 Å². The second-order valence-corrected chi connectivity index (χ2v) is 5.01. The van der Waals surface area contributed by atoms with Crippen LogP contribution in [0.4, 0.5) is 0 Å². The second-order valence-electron chi connectivity index (χ2n) is 5.01. The van der Waals surface area contributed by atoms with Crippen LogP contribution in [0.25, 0.3) is 0 Å². The number of aliphatic hydroxyl groups is 1. The first-order valence-electron chi connectivity index (χ1n) is 7.68. The van der Waals surface area contributed by atoms with Crippen LogP contribution in [0.5, 0.6) is 0 Å². The highest BCUT2D eigenvalue weighted by Gasteiger charge is 2.08. The van der Waals surface area contributed by atoms with Gasteiger partial charge >= 0.3 is 5.97 Å². The molecule has 20 heavy (non-hydrogen) atoms. The fourth-order valence-corrected chi connectivity index (χ4v) is 1.88. The molecule has 4 nitrogen and oxygen atoms in total. The normalized spacial score (nSPS) is 13.3. The summed E-state index contributed by atoms with van der Waals surface area (Å²) >= 11 is 0. The van der Waals surface area contributed by atoms with E-state index in [9.17, 15) is 4.79 Å². The summed E-state index contributed by atoms with van der Waals surface area (Å²) in [5.74, 6) is 0.383. The molecule has 0 radical (unpaired) electrons. The average molecular weight is 286 g/mol. The van der Waals surface area contributed by atoms with Gasteiger partial charge in [0.05, 0.1) is 19.8 Å². The van der Waals surface area contributed by atoms with Crippen molar-refractivity contribution in [1.82, 2.24) is 0 Å². The SMILES string of the molecule is CCCCC(CC)CC=C(C)C(=O)OCCOCCO. The maximum atomic E-state index is 11.7. The van der Waals surface area contributed by atoms with Crippen LogP contribution in [0.2, 0.25) is 0 Å². The van der Waals surface area contributed by atoms with Crippen LogP contribution in [0.15, 0.2) is 11.6 Å². The molecule has 0 saturated heterocycles. The second kappa shape index (κ2) is 13.1. The van der Waals surface area contributed by atoms with E-state index in [1.165, 1.54) is 19.3 Å². The smallest absolute Gasteiger partial charge is 0.333 e. The van der Waals surface area contributed by atoms with Crippen LogP contribution in [0.3, 0.4) is 0 Å². The van der Waals surface area contributed by atoms with Gasteiger partial charge in [0.1, 0.15) is 6.61 Å². The highest BCUT2D eigenvalue weighted by atomic mass is 16.6. The summed E-state index contributed by atoms with van der Waals surface area (Å²) in [6.45, 7) is 7.02. The number of ether oxygens (including phenoxy) is 2. The molecule has 0 aliphatic carbocycles. The zero-order valence-electron chi connectivity index (χ0n) is 13.2. The Morgan fingerprint density at radius 2 is 2.00 bits per heavy atom. The predicted molar refractivity (Wildman–Crippen MR) is 80.5 cm³/mol. The first kappa shape index (κ1) is 19.1. The minimum atomic E-state index is -0.275. The maximum absolute atomic E-state index is 11.7. The van der Waals surface area contributed by atoms with E-state index in [1.807, 2.05) is 6.08 Å². The molecule has 0 aliphatic heterocycles. The molecule has 0 spiro atoms. The van der Waals surface area contributed by atoms with Gasteiger partial charge < -0.3 is 14.6 Å². The lowest BCUT2D eigenvalue weighted by Crippen LogP contribution is -2.13. The third-order valence-corrected chi connectivity index (χ3v) is 3.32.